The highest BCUT2D eigenvalue weighted by Gasteiger charge is 2.12. The molecule has 2 aromatic carbocycles. The SMILES string of the molecule is CCCCCC(=O)NN=Cc1cccc(OC(=O)c2ccccc2Cl)c1. The van der Waals surface area contributed by atoms with E-state index in [-0.39, 0.29) is 5.91 Å². The molecule has 1 N–H and O–H groups in total. The number of hydrogen-bond donors (Lipinski definition) is 1. The summed E-state index contributed by atoms with van der Waals surface area (Å²) in [4.78, 5) is 23.8. The third-order valence-electron chi connectivity index (χ3n) is 3.57. The van der Waals surface area contributed by atoms with Crippen molar-refractivity contribution in [1.29, 1.82) is 0 Å². The summed E-state index contributed by atoms with van der Waals surface area (Å²) in [6.07, 6.45) is 4.91. The zero-order valence-corrected chi connectivity index (χ0v) is 15.3. The van der Waals surface area contributed by atoms with Crippen LogP contribution >= 0.6 is 11.6 Å². The molecule has 0 aliphatic heterocycles. The van der Waals surface area contributed by atoms with Crippen LogP contribution in [0.5, 0.6) is 5.75 Å². The quantitative estimate of drug-likeness (QED) is 0.242. The summed E-state index contributed by atoms with van der Waals surface area (Å²) in [5, 5.41) is 4.26. The molecular weight excluding hydrogens is 352 g/mol. The molecule has 0 fully saturated rings. The molecule has 0 atom stereocenters. The minimum atomic E-state index is -0.533. The van der Waals surface area contributed by atoms with Gasteiger partial charge in [-0.1, -0.05) is 55.6 Å². The van der Waals surface area contributed by atoms with Crippen molar-refractivity contribution >= 4 is 29.7 Å². The zero-order chi connectivity index (χ0) is 18.8. The number of hydrogen-bond acceptors (Lipinski definition) is 4. The first-order chi connectivity index (χ1) is 12.6. The number of carbonyl (C=O) groups excluding carboxylic acids is 2. The van der Waals surface area contributed by atoms with Crippen LogP contribution in [0.1, 0.15) is 48.5 Å². The van der Waals surface area contributed by atoms with E-state index in [2.05, 4.69) is 17.5 Å². The number of halogens is 1. The van der Waals surface area contributed by atoms with Crippen LogP contribution < -0.4 is 10.2 Å². The molecule has 136 valence electrons. The van der Waals surface area contributed by atoms with Gasteiger partial charge in [-0.25, -0.2) is 10.2 Å². The monoisotopic (exact) mass is 372 g/mol. The van der Waals surface area contributed by atoms with Crippen molar-refractivity contribution in [2.75, 3.05) is 0 Å². The van der Waals surface area contributed by atoms with Crippen molar-refractivity contribution in [3.05, 3.63) is 64.7 Å². The fourth-order valence-electron chi connectivity index (χ4n) is 2.22. The topological polar surface area (TPSA) is 67.8 Å². The van der Waals surface area contributed by atoms with Gasteiger partial charge in [0.05, 0.1) is 16.8 Å². The van der Waals surface area contributed by atoms with Gasteiger partial charge in [0, 0.05) is 6.42 Å². The van der Waals surface area contributed by atoms with Gasteiger partial charge in [0.15, 0.2) is 0 Å². The summed E-state index contributed by atoms with van der Waals surface area (Å²) < 4.78 is 5.34. The number of hydrazone groups is 1. The molecule has 0 radical (unpaired) electrons. The highest BCUT2D eigenvalue weighted by molar-refractivity contribution is 6.33. The fourth-order valence-corrected chi connectivity index (χ4v) is 2.43. The smallest absolute Gasteiger partial charge is 0.345 e. The Morgan fingerprint density at radius 2 is 1.96 bits per heavy atom. The van der Waals surface area contributed by atoms with E-state index in [0.29, 0.717) is 28.3 Å². The summed E-state index contributed by atoms with van der Waals surface area (Å²) >= 11 is 6.00. The molecule has 0 bridgehead atoms. The van der Waals surface area contributed by atoms with Gasteiger partial charge in [-0.15, -0.1) is 0 Å². The van der Waals surface area contributed by atoms with Gasteiger partial charge in [-0.05, 0) is 36.2 Å². The second-order valence-corrected chi connectivity index (χ2v) is 6.10. The molecule has 6 heteroatoms. The Kier molecular flexibility index (Phi) is 7.83. The lowest BCUT2D eigenvalue weighted by Gasteiger charge is -2.06. The second kappa shape index (κ2) is 10.4. The molecule has 1 amide bonds. The largest absolute Gasteiger partial charge is 0.423 e. The van der Waals surface area contributed by atoms with Crippen molar-refractivity contribution in [1.82, 2.24) is 5.43 Å². The predicted molar refractivity (Wildman–Crippen MR) is 103 cm³/mol. The van der Waals surface area contributed by atoms with E-state index < -0.39 is 5.97 Å². The van der Waals surface area contributed by atoms with Crippen molar-refractivity contribution in [2.24, 2.45) is 5.10 Å². The Hall–Kier alpha value is -2.66. The number of rotatable bonds is 8. The molecule has 2 aromatic rings. The average Bonchev–Trinajstić information content (AvgIpc) is 2.62. The summed E-state index contributed by atoms with van der Waals surface area (Å²) in [7, 11) is 0. The average molecular weight is 373 g/mol. The van der Waals surface area contributed by atoms with Crippen LogP contribution in [0, 0.1) is 0 Å². The Balaban J connectivity index is 1.93. The summed E-state index contributed by atoms with van der Waals surface area (Å²) in [5.74, 6) is -0.280. The van der Waals surface area contributed by atoms with Crippen molar-refractivity contribution in [3.63, 3.8) is 0 Å². The molecule has 0 heterocycles. The molecule has 0 saturated carbocycles. The molecule has 0 aliphatic carbocycles. The van der Waals surface area contributed by atoms with E-state index in [9.17, 15) is 9.59 Å². The summed E-state index contributed by atoms with van der Waals surface area (Å²) in [6, 6.07) is 13.5. The normalized spacial score (nSPS) is 10.7. The van der Waals surface area contributed by atoms with Crippen LogP contribution in [0.4, 0.5) is 0 Å². The molecule has 2 rings (SSSR count). The van der Waals surface area contributed by atoms with E-state index in [1.54, 1.807) is 48.5 Å². The molecule has 0 aromatic heterocycles. The zero-order valence-electron chi connectivity index (χ0n) is 14.6. The first kappa shape index (κ1) is 19.7. The van der Waals surface area contributed by atoms with Crippen molar-refractivity contribution in [3.8, 4) is 5.75 Å². The first-order valence-electron chi connectivity index (χ1n) is 8.49. The highest BCUT2D eigenvalue weighted by atomic mass is 35.5. The number of amides is 1. The third kappa shape index (κ3) is 6.33. The number of nitrogens with zero attached hydrogens (tertiary/aromatic N) is 1. The second-order valence-electron chi connectivity index (χ2n) is 5.69. The number of ether oxygens (including phenoxy) is 1. The van der Waals surface area contributed by atoms with Gasteiger partial charge in [0.1, 0.15) is 5.75 Å². The molecule has 0 unspecified atom stereocenters. The van der Waals surface area contributed by atoms with Gasteiger partial charge in [-0.3, -0.25) is 4.79 Å². The number of unbranched alkanes of at least 4 members (excludes halogenated alkanes) is 2. The van der Waals surface area contributed by atoms with Crippen LogP contribution in [0.15, 0.2) is 53.6 Å². The Labute approximate surface area is 158 Å². The number of benzene rings is 2. The Bertz CT molecular complexity index is 790. The Morgan fingerprint density at radius 3 is 2.73 bits per heavy atom. The summed E-state index contributed by atoms with van der Waals surface area (Å²) in [6.45, 7) is 2.08. The first-order valence-corrected chi connectivity index (χ1v) is 8.86. The highest BCUT2D eigenvalue weighted by Crippen LogP contribution is 2.19. The van der Waals surface area contributed by atoms with Crippen molar-refractivity contribution < 1.29 is 14.3 Å². The minimum Gasteiger partial charge on any atom is -0.423 e. The number of carbonyl (C=O) groups is 2. The maximum atomic E-state index is 12.2. The van der Waals surface area contributed by atoms with E-state index in [4.69, 9.17) is 16.3 Å². The van der Waals surface area contributed by atoms with E-state index in [1.165, 1.54) is 6.21 Å². The van der Waals surface area contributed by atoms with Gasteiger partial charge in [0.2, 0.25) is 5.91 Å². The molecular formula is C20H21ClN2O3. The molecule has 0 aliphatic rings. The number of nitrogens with one attached hydrogen (secondary N) is 1. The van der Waals surface area contributed by atoms with E-state index in [0.717, 1.165) is 19.3 Å². The van der Waals surface area contributed by atoms with Crippen LogP contribution in [0.2, 0.25) is 5.02 Å². The van der Waals surface area contributed by atoms with Crippen molar-refractivity contribution in [2.45, 2.75) is 32.6 Å². The lowest BCUT2D eigenvalue weighted by atomic mass is 10.2. The van der Waals surface area contributed by atoms with Gasteiger partial charge in [0.25, 0.3) is 0 Å². The molecule has 0 spiro atoms. The van der Waals surface area contributed by atoms with Gasteiger partial charge in [-0.2, -0.15) is 5.10 Å². The maximum absolute atomic E-state index is 12.2. The van der Waals surface area contributed by atoms with E-state index in [1.807, 2.05) is 0 Å². The minimum absolute atomic E-state index is 0.115. The van der Waals surface area contributed by atoms with Crippen LogP contribution in [0.3, 0.4) is 0 Å². The standard InChI is InChI=1S/C20H21ClN2O3/c1-2-3-4-12-19(24)23-22-14-15-8-7-9-16(13-15)26-20(25)17-10-5-6-11-18(17)21/h5-11,13-14H,2-4,12H2,1H3,(H,23,24). The predicted octanol–water partition coefficient (Wildman–Crippen LogP) is 4.59. The van der Waals surface area contributed by atoms with Crippen LogP contribution in [-0.2, 0) is 4.79 Å². The van der Waals surface area contributed by atoms with Gasteiger partial charge < -0.3 is 4.74 Å². The molecule has 0 saturated heterocycles. The van der Waals surface area contributed by atoms with Gasteiger partial charge >= 0.3 is 5.97 Å². The fraction of sp³-hybridized carbons (Fsp3) is 0.250. The maximum Gasteiger partial charge on any atom is 0.345 e. The van der Waals surface area contributed by atoms with E-state index >= 15 is 0 Å². The van der Waals surface area contributed by atoms with Crippen LogP contribution in [0.25, 0.3) is 0 Å². The lowest BCUT2D eigenvalue weighted by molar-refractivity contribution is -0.121. The molecule has 26 heavy (non-hydrogen) atoms. The summed E-state index contributed by atoms with van der Waals surface area (Å²) in [5.41, 5.74) is 3.49. The molecule has 5 nitrogen and oxygen atoms in total. The Morgan fingerprint density at radius 1 is 1.15 bits per heavy atom. The third-order valence-corrected chi connectivity index (χ3v) is 3.90. The van der Waals surface area contributed by atoms with Crippen LogP contribution in [-0.4, -0.2) is 18.1 Å². The lowest BCUT2D eigenvalue weighted by Crippen LogP contribution is -2.16. The number of esters is 1.